The van der Waals surface area contributed by atoms with Gasteiger partial charge in [0.2, 0.25) is 0 Å². The van der Waals surface area contributed by atoms with Crippen LogP contribution in [0.4, 0.5) is 10.6 Å². The molecule has 0 radical (unpaired) electrons. The van der Waals surface area contributed by atoms with Crippen molar-refractivity contribution in [1.82, 2.24) is 9.88 Å². The molecule has 2 aliphatic rings. The first-order valence-electron chi connectivity index (χ1n) is 7.55. The predicted octanol–water partition coefficient (Wildman–Crippen LogP) is 2.92. The summed E-state index contributed by atoms with van der Waals surface area (Å²) < 4.78 is 6.25. The van der Waals surface area contributed by atoms with Crippen LogP contribution in [0.5, 0.6) is 0 Å². The van der Waals surface area contributed by atoms with Crippen LogP contribution in [-0.4, -0.2) is 46.8 Å². The summed E-state index contributed by atoms with van der Waals surface area (Å²) in [6.07, 6.45) is 2.39. The highest BCUT2D eigenvalue weighted by atomic mass is 79.9. The minimum atomic E-state index is -0.488. The van der Waals surface area contributed by atoms with Gasteiger partial charge in [-0.25, -0.2) is 9.78 Å². The van der Waals surface area contributed by atoms with Crippen molar-refractivity contribution in [3.05, 3.63) is 22.3 Å². The largest absolute Gasteiger partial charge is 0.444 e. The van der Waals surface area contributed by atoms with E-state index < -0.39 is 5.60 Å². The minimum absolute atomic E-state index is 0.163. The topological polar surface area (TPSA) is 69.5 Å². The molecule has 23 heavy (non-hydrogen) atoms. The fraction of sp³-hybridized carbons (Fsp3) is 0.562. The van der Waals surface area contributed by atoms with E-state index in [4.69, 9.17) is 4.74 Å². The van der Waals surface area contributed by atoms with Gasteiger partial charge in [0.1, 0.15) is 17.5 Å². The maximum atomic E-state index is 12.3. The van der Waals surface area contributed by atoms with Crippen molar-refractivity contribution in [2.45, 2.75) is 38.3 Å². The summed E-state index contributed by atoms with van der Waals surface area (Å²) in [5, 5.41) is 9.26. The zero-order valence-corrected chi connectivity index (χ0v) is 15.1. The van der Waals surface area contributed by atoms with E-state index in [-0.39, 0.29) is 11.6 Å². The van der Waals surface area contributed by atoms with Crippen LogP contribution in [-0.2, 0) is 4.74 Å². The van der Waals surface area contributed by atoms with Crippen LogP contribution in [0.1, 0.15) is 32.8 Å². The van der Waals surface area contributed by atoms with E-state index in [2.05, 4.69) is 27.0 Å². The molecule has 1 amide bonds. The fourth-order valence-electron chi connectivity index (χ4n) is 3.05. The van der Waals surface area contributed by atoms with E-state index in [1.165, 1.54) is 0 Å². The Kier molecular flexibility index (Phi) is 3.75. The van der Waals surface area contributed by atoms with Crippen LogP contribution < -0.4 is 4.90 Å². The van der Waals surface area contributed by atoms with Crippen LogP contribution in [0.2, 0.25) is 0 Å². The number of carbonyl (C=O) groups is 1. The van der Waals surface area contributed by atoms with Crippen molar-refractivity contribution < 1.29 is 9.53 Å². The lowest BCUT2D eigenvalue weighted by Crippen LogP contribution is -2.78. The van der Waals surface area contributed by atoms with Crippen molar-refractivity contribution in [3.63, 3.8) is 0 Å². The first-order valence-corrected chi connectivity index (χ1v) is 8.35. The third-order valence-electron chi connectivity index (χ3n) is 4.21. The number of rotatable bonds is 1. The minimum Gasteiger partial charge on any atom is -0.444 e. The highest BCUT2D eigenvalue weighted by Crippen LogP contribution is 2.42. The summed E-state index contributed by atoms with van der Waals surface area (Å²) in [5.74, 6) is 0.678. The van der Waals surface area contributed by atoms with Gasteiger partial charge in [0.15, 0.2) is 0 Å². The number of hydrogen-bond acceptors (Lipinski definition) is 5. The summed E-state index contributed by atoms with van der Waals surface area (Å²) in [5.41, 5.74) is -0.111. The molecule has 1 aromatic heterocycles. The van der Waals surface area contributed by atoms with Crippen LogP contribution in [0.3, 0.4) is 0 Å². The number of ether oxygens (including phenoxy) is 1. The molecule has 0 saturated carbocycles. The van der Waals surface area contributed by atoms with Gasteiger partial charge in [0.25, 0.3) is 0 Å². The lowest BCUT2D eigenvalue weighted by molar-refractivity contribution is -0.0562. The van der Waals surface area contributed by atoms with Crippen LogP contribution in [0.15, 0.2) is 16.7 Å². The molecule has 1 aromatic rings. The molecule has 3 heterocycles. The van der Waals surface area contributed by atoms with E-state index in [1.54, 1.807) is 17.2 Å². The lowest BCUT2D eigenvalue weighted by Gasteiger charge is -2.62. The summed E-state index contributed by atoms with van der Waals surface area (Å²) >= 11 is 3.33. The molecule has 2 fully saturated rings. The van der Waals surface area contributed by atoms with Crippen LogP contribution in [0, 0.1) is 11.3 Å². The number of nitrogens with zero attached hydrogens (tertiary/aromatic N) is 4. The number of amides is 1. The van der Waals surface area contributed by atoms with Gasteiger partial charge >= 0.3 is 6.09 Å². The molecular formula is C16H19BrN4O2. The van der Waals surface area contributed by atoms with Crippen molar-refractivity contribution >= 4 is 27.8 Å². The van der Waals surface area contributed by atoms with Gasteiger partial charge < -0.3 is 9.64 Å². The second kappa shape index (κ2) is 5.38. The number of carbonyl (C=O) groups excluding carboxylic acids is 1. The molecule has 7 heteroatoms. The van der Waals surface area contributed by atoms with Crippen molar-refractivity contribution in [3.8, 4) is 6.07 Å². The van der Waals surface area contributed by atoms with E-state index in [0.717, 1.165) is 17.4 Å². The Morgan fingerprint density at radius 1 is 1.48 bits per heavy atom. The molecule has 3 rings (SSSR count). The van der Waals surface area contributed by atoms with Gasteiger partial charge in [0, 0.05) is 30.3 Å². The highest BCUT2D eigenvalue weighted by molar-refractivity contribution is 9.10. The zero-order valence-electron chi connectivity index (χ0n) is 13.5. The number of pyridine rings is 1. The second-order valence-corrected chi connectivity index (χ2v) is 8.01. The summed E-state index contributed by atoms with van der Waals surface area (Å²) in [7, 11) is 0. The van der Waals surface area contributed by atoms with Crippen molar-refractivity contribution in [2.75, 3.05) is 24.5 Å². The second-order valence-electron chi connectivity index (χ2n) is 7.10. The molecule has 0 N–H and O–H groups in total. The number of aromatic nitrogens is 1. The van der Waals surface area contributed by atoms with Gasteiger partial charge in [-0.15, -0.1) is 0 Å². The summed E-state index contributed by atoms with van der Waals surface area (Å²) in [6, 6.07) is 3.94. The quantitative estimate of drug-likeness (QED) is 0.751. The molecule has 0 aromatic carbocycles. The highest BCUT2D eigenvalue weighted by Gasteiger charge is 2.57. The Morgan fingerprint density at radius 2 is 2.17 bits per heavy atom. The Morgan fingerprint density at radius 3 is 2.70 bits per heavy atom. The smallest absolute Gasteiger partial charge is 0.410 e. The first-order chi connectivity index (χ1) is 10.7. The standard InChI is InChI=1S/C16H19BrN4O2/c1-15(2,3)23-14(22)21-5-4-16(21)9-20(10-16)13-11(7-18)6-12(17)8-19-13/h6,8H,4-5,9-10H2,1-3H3. The van der Waals surface area contributed by atoms with Gasteiger partial charge in [-0.3, -0.25) is 4.90 Å². The van der Waals surface area contributed by atoms with E-state index >= 15 is 0 Å². The van der Waals surface area contributed by atoms with Crippen LogP contribution in [0.25, 0.3) is 0 Å². The monoisotopic (exact) mass is 378 g/mol. The third kappa shape index (κ3) is 2.88. The number of anilines is 1. The Balaban J connectivity index is 1.69. The fourth-order valence-corrected chi connectivity index (χ4v) is 3.38. The van der Waals surface area contributed by atoms with Gasteiger partial charge in [-0.1, -0.05) is 0 Å². The van der Waals surface area contributed by atoms with E-state index in [1.807, 2.05) is 25.7 Å². The molecule has 6 nitrogen and oxygen atoms in total. The molecule has 1 spiro atoms. The van der Waals surface area contributed by atoms with Crippen LogP contribution >= 0.6 is 15.9 Å². The number of nitriles is 1. The molecule has 0 aliphatic carbocycles. The summed E-state index contributed by atoms with van der Waals surface area (Å²) in [6.45, 7) is 7.72. The average molecular weight is 379 g/mol. The Labute approximate surface area is 144 Å². The Bertz CT molecular complexity index is 686. The first kappa shape index (κ1) is 16.1. The van der Waals surface area contributed by atoms with E-state index in [9.17, 15) is 10.1 Å². The normalized spacial score (nSPS) is 18.9. The van der Waals surface area contributed by atoms with Gasteiger partial charge in [-0.05, 0) is 49.2 Å². The molecular weight excluding hydrogens is 360 g/mol. The SMILES string of the molecule is CC(C)(C)OC(=O)N1CCC12CN(c1ncc(Br)cc1C#N)C2. The molecule has 0 unspecified atom stereocenters. The maximum absolute atomic E-state index is 12.3. The molecule has 2 saturated heterocycles. The van der Waals surface area contributed by atoms with Crippen molar-refractivity contribution in [1.29, 1.82) is 5.26 Å². The number of hydrogen-bond donors (Lipinski definition) is 0. The molecule has 0 atom stereocenters. The molecule has 0 bridgehead atoms. The van der Waals surface area contributed by atoms with Gasteiger partial charge in [-0.2, -0.15) is 5.26 Å². The summed E-state index contributed by atoms with van der Waals surface area (Å²) in [4.78, 5) is 20.5. The average Bonchev–Trinajstić information content (AvgIpc) is 2.35. The molecule has 122 valence electrons. The maximum Gasteiger partial charge on any atom is 0.410 e. The van der Waals surface area contributed by atoms with Gasteiger partial charge in [0.05, 0.1) is 11.1 Å². The lowest BCUT2D eigenvalue weighted by atomic mass is 9.77. The third-order valence-corrected chi connectivity index (χ3v) is 4.64. The van der Waals surface area contributed by atoms with Crippen molar-refractivity contribution in [2.24, 2.45) is 0 Å². The number of halogens is 1. The van der Waals surface area contributed by atoms with E-state index in [0.29, 0.717) is 24.5 Å². The molecule has 2 aliphatic heterocycles. The predicted molar refractivity (Wildman–Crippen MR) is 89.2 cm³/mol. The number of likely N-dealkylation sites (tertiary alicyclic amines) is 1. The Hall–Kier alpha value is -1.81. The zero-order chi connectivity index (χ0) is 16.8.